The fourth-order valence-corrected chi connectivity index (χ4v) is 2.20. The molecule has 1 unspecified atom stereocenters. The standard InChI is InChI=1S/C15H23BrN2O/c1-3-4-5-9-17-15(19)12(2)18-11-13-7-6-8-14(16)10-13/h6-8,10,12,18H,3-5,9,11H2,1-2H3,(H,17,19). The molecule has 1 rings (SSSR count). The van der Waals surface area contributed by atoms with Crippen molar-refractivity contribution in [3.05, 3.63) is 34.3 Å². The molecular weight excluding hydrogens is 304 g/mol. The third-order valence-electron chi connectivity index (χ3n) is 2.97. The number of halogens is 1. The summed E-state index contributed by atoms with van der Waals surface area (Å²) >= 11 is 3.44. The molecule has 0 aromatic heterocycles. The van der Waals surface area contributed by atoms with E-state index in [2.05, 4.69) is 39.6 Å². The largest absolute Gasteiger partial charge is 0.355 e. The van der Waals surface area contributed by atoms with E-state index in [0.717, 1.165) is 17.4 Å². The van der Waals surface area contributed by atoms with Gasteiger partial charge in [-0.05, 0) is 31.0 Å². The predicted octanol–water partition coefficient (Wildman–Crippen LogP) is 3.23. The number of hydrogen-bond acceptors (Lipinski definition) is 2. The Hall–Kier alpha value is -0.870. The van der Waals surface area contributed by atoms with Gasteiger partial charge in [0.1, 0.15) is 0 Å². The molecule has 0 aliphatic rings. The zero-order chi connectivity index (χ0) is 14.1. The van der Waals surface area contributed by atoms with Gasteiger partial charge in [0.2, 0.25) is 5.91 Å². The van der Waals surface area contributed by atoms with Gasteiger partial charge in [-0.15, -0.1) is 0 Å². The van der Waals surface area contributed by atoms with Gasteiger partial charge in [-0.1, -0.05) is 47.8 Å². The van der Waals surface area contributed by atoms with Crippen molar-refractivity contribution in [2.45, 2.75) is 45.7 Å². The molecule has 1 amide bonds. The Bertz CT molecular complexity index is 395. The summed E-state index contributed by atoms with van der Waals surface area (Å²) in [6, 6.07) is 7.92. The fourth-order valence-electron chi connectivity index (χ4n) is 1.75. The zero-order valence-corrected chi connectivity index (χ0v) is 13.3. The normalized spacial score (nSPS) is 12.2. The highest BCUT2D eigenvalue weighted by Gasteiger charge is 2.10. The maximum atomic E-state index is 11.8. The lowest BCUT2D eigenvalue weighted by Gasteiger charge is -2.14. The van der Waals surface area contributed by atoms with Gasteiger partial charge in [-0.25, -0.2) is 0 Å². The summed E-state index contributed by atoms with van der Waals surface area (Å²) in [5.41, 5.74) is 1.17. The van der Waals surface area contributed by atoms with Crippen LogP contribution in [0.5, 0.6) is 0 Å². The number of carbonyl (C=O) groups excluding carboxylic acids is 1. The summed E-state index contributed by atoms with van der Waals surface area (Å²) in [6.07, 6.45) is 3.40. The summed E-state index contributed by atoms with van der Waals surface area (Å²) in [5.74, 6) is 0.0751. The lowest BCUT2D eigenvalue weighted by atomic mass is 10.2. The summed E-state index contributed by atoms with van der Waals surface area (Å²) in [6.45, 7) is 5.52. The van der Waals surface area contributed by atoms with Crippen molar-refractivity contribution in [1.82, 2.24) is 10.6 Å². The van der Waals surface area contributed by atoms with Crippen molar-refractivity contribution in [1.29, 1.82) is 0 Å². The van der Waals surface area contributed by atoms with Crippen LogP contribution in [0.4, 0.5) is 0 Å². The van der Waals surface area contributed by atoms with Crippen LogP contribution in [-0.4, -0.2) is 18.5 Å². The molecule has 0 heterocycles. The van der Waals surface area contributed by atoms with E-state index in [0.29, 0.717) is 6.54 Å². The van der Waals surface area contributed by atoms with Crippen LogP contribution in [0, 0.1) is 0 Å². The molecule has 0 bridgehead atoms. The molecule has 0 radical (unpaired) electrons. The Labute approximate surface area is 124 Å². The molecule has 0 saturated carbocycles. The molecular formula is C15H23BrN2O. The minimum Gasteiger partial charge on any atom is -0.355 e. The van der Waals surface area contributed by atoms with Crippen LogP contribution < -0.4 is 10.6 Å². The van der Waals surface area contributed by atoms with Crippen LogP contribution in [-0.2, 0) is 11.3 Å². The van der Waals surface area contributed by atoms with Gasteiger partial charge in [-0.3, -0.25) is 4.79 Å². The third-order valence-corrected chi connectivity index (χ3v) is 3.47. The van der Waals surface area contributed by atoms with Crippen molar-refractivity contribution in [2.75, 3.05) is 6.54 Å². The van der Waals surface area contributed by atoms with Gasteiger partial charge in [0.25, 0.3) is 0 Å². The number of hydrogen-bond donors (Lipinski definition) is 2. The Morgan fingerprint density at radius 1 is 1.37 bits per heavy atom. The molecule has 1 atom stereocenters. The molecule has 106 valence electrons. The molecule has 0 aliphatic heterocycles. The maximum absolute atomic E-state index is 11.8. The number of rotatable bonds is 8. The summed E-state index contributed by atoms with van der Waals surface area (Å²) in [5, 5.41) is 6.19. The minimum absolute atomic E-state index is 0.0751. The first-order valence-corrected chi connectivity index (χ1v) is 7.68. The second kappa shape index (κ2) is 9.10. The molecule has 0 fully saturated rings. The quantitative estimate of drug-likeness (QED) is 0.720. The molecule has 0 saturated heterocycles. The van der Waals surface area contributed by atoms with Gasteiger partial charge in [0, 0.05) is 17.6 Å². The first-order chi connectivity index (χ1) is 9.13. The van der Waals surface area contributed by atoms with Crippen molar-refractivity contribution >= 4 is 21.8 Å². The Morgan fingerprint density at radius 2 is 2.16 bits per heavy atom. The molecule has 2 N–H and O–H groups in total. The summed E-state index contributed by atoms with van der Waals surface area (Å²) in [7, 11) is 0. The maximum Gasteiger partial charge on any atom is 0.236 e. The monoisotopic (exact) mass is 326 g/mol. The van der Waals surface area contributed by atoms with Gasteiger partial charge in [-0.2, -0.15) is 0 Å². The van der Waals surface area contributed by atoms with Crippen LogP contribution in [0.2, 0.25) is 0 Å². The number of nitrogens with one attached hydrogen (secondary N) is 2. The Kier molecular flexibility index (Phi) is 7.75. The molecule has 3 nitrogen and oxygen atoms in total. The van der Waals surface area contributed by atoms with Crippen LogP contribution in [0.3, 0.4) is 0 Å². The van der Waals surface area contributed by atoms with E-state index < -0.39 is 0 Å². The van der Waals surface area contributed by atoms with E-state index in [4.69, 9.17) is 0 Å². The highest BCUT2D eigenvalue weighted by Crippen LogP contribution is 2.11. The fraction of sp³-hybridized carbons (Fsp3) is 0.533. The van der Waals surface area contributed by atoms with Gasteiger partial charge < -0.3 is 10.6 Å². The van der Waals surface area contributed by atoms with Crippen LogP contribution >= 0.6 is 15.9 Å². The highest BCUT2D eigenvalue weighted by atomic mass is 79.9. The first-order valence-electron chi connectivity index (χ1n) is 6.89. The second-order valence-corrected chi connectivity index (χ2v) is 5.65. The third kappa shape index (κ3) is 6.73. The molecule has 4 heteroatoms. The Morgan fingerprint density at radius 3 is 2.84 bits per heavy atom. The van der Waals surface area contributed by atoms with Gasteiger partial charge >= 0.3 is 0 Å². The van der Waals surface area contributed by atoms with E-state index in [1.165, 1.54) is 18.4 Å². The number of benzene rings is 1. The minimum atomic E-state index is -0.166. The predicted molar refractivity (Wildman–Crippen MR) is 83.0 cm³/mol. The SMILES string of the molecule is CCCCCNC(=O)C(C)NCc1cccc(Br)c1. The number of amides is 1. The zero-order valence-electron chi connectivity index (χ0n) is 11.7. The molecule has 0 aliphatic carbocycles. The lowest BCUT2D eigenvalue weighted by Crippen LogP contribution is -2.42. The number of carbonyl (C=O) groups is 1. The summed E-state index contributed by atoms with van der Waals surface area (Å²) in [4.78, 5) is 11.8. The van der Waals surface area contributed by atoms with Crippen molar-refractivity contribution in [3.63, 3.8) is 0 Å². The Balaban J connectivity index is 2.26. The number of unbranched alkanes of at least 4 members (excludes halogenated alkanes) is 2. The van der Waals surface area contributed by atoms with Crippen molar-refractivity contribution in [3.8, 4) is 0 Å². The first kappa shape index (κ1) is 16.2. The smallest absolute Gasteiger partial charge is 0.236 e. The van der Waals surface area contributed by atoms with E-state index in [1.807, 2.05) is 25.1 Å². The molecule has 1 aromatic rings. The van der Waals surface area contributed by atoms with E-state index in [-0.39, 0.29) is 11.9 Å². The van der Waals surface area contributed by atoms with E-state index in [9.17, 15) is 4.79 Å². The average molecular weight is 327 g/mol. The molecule has 0 spiro atoms. The van der Waals surface area contributed by atoms with E-state index in [1.54, 1.807) is 0 Å². The van der Waals surface area contributed by atoms with Crippen LogP contribution in [0.15, 0.2) is 28.7 Å². The second-order valence-electron chi connectivity index (χ2n) is 4.73. The van der Waals surface area contributed by atoms with Crippen LogP contribution in [0.25, 0.3) is 0 Å². The van der Waals surface area contributed by atoms with Gasteiger partial charge in [0.15, 0.2) is 0 Å². The lowest BCUT2D eigenvalue weighted by molar-refractivity contribution is -0.122. The van der Waals surface area contributed by atoms with E-state index >= 15 is 0 Å². The van der Waals surface area contributed by atoms with Crippen LogP contribution in [0.1, 0.15) is 38.7 Å². The van der Waals surface area contributed by atoms with Crippen molar-refractivity contribution in [2.24, 2.45) is 0 Å². The van der Waals surface area contributed by atoms with Gasteiger partial charge in [0.05, 0.1) is 6.04 Å². The molecule has 1 aromatic carbocycles. The van der Waals surface area contributed by atoms with Crippen molar-refractivity contribution < 1.29 is 4.79 Å². The average Bonchev–Trinajstić information content (AvgIpc) is 2.41. The molecule has 19 heavy (non-hydrogen) atoms. The highest BCUT2D eigenvalue weighted by molar-refractivity contribution is 9.10. The topological polar surface area (TPSA) is 41.1 Å². The summed E-state index contributed by atoms with van der Waals surface area (Å²) < 4.78 is 1.06.